The van der Waals surface area contributed by atoms with E-state index in [0.717, 1.165) is 18.2 Å². The summed E-state index contributed by atoms with van der Waals surface area (Å²) in [6.07, 6.45) is 11.6. The normalized spacial score (nSPS) is 12.0. The van der Waals surface area contributed by atoms with Gasteiger partial charge in [0.2, 0.25) is 0 Å². The topological polar surface area (TPSA) is 32.9 Å². The number of hydrogen-bond acceptors (Lipinski definition) is 1. The van der Waals surface area contributed by atoms with Crippen LogP contribution in [0.4, 0.5) is 0 Å². The quantitative estimate of drug-likeness (QED) is 0.533. The number of benzene rings is 1. The molecule has 1 heterocycles. The molecule has 0 amide bonds. The lowest BCUT2D eigenvalue weighted by molar-refractivity contribution is 0.112. The van der Waals surface area contributed by atoms with E-state index >= 15 is 0 Å². The van der Waals surface area contributed by atoms with Crippen LogP contribution in [0.25, 0.3) is 16.5 Å². The molecule has 0 spiro atoms. The fourth-order valence-electron chi connectivity index (χ4n) is 2.54. The molecule has 0 aliphatic rings. The van der Waals surface area contributed by atoms with Gasteiger partial charge in [0.05, 0.1) is 0 Å². The molecule has 1 aromatic heterocycles. The van der Waals surface area contributed by atoms with E-state index in [4.69, 9.17) is 0 Å². The van der Waals surface area contributed by atoms with Crippen LogP contribution >= 0.6 is 0 Å². The van der Waals surface area contributed by atoms with Gasteiger partial charge in [0, 0.05) is 28.2 Å². The average molecular weight is 269 g/mol. The molecular formula is C18H23NO. The van der Waals surface area contributed by atoms with Gasteiger partial charge in [0.25, 0.3) is 0 Å². The summed E-state index contributed by atoms with van der Waals surface area (Å²) in [7, 11) is 0. The maximum atomic E-state index is 10.8. The molecule has 0 saturated heterocycles. The second kappa shape index (κ2) is 7.09. The Kier molecular flexibility index (Phi) is 5.16. The summed E-state index contributed by atoms with van der Waals surface area (Å²) in [5.41, 5.74) is 4.30. The smallest absolute Gasteiger partial charge is 0.150 e. The van der Waals surface area contributed by atoms with Crippen molar-refractivity contribution in [3.63, 3.8) is 0 Å². The molecule has 1 N–H and O–H groups in total. The van der Waals surface area contributed by atoms with Crippen molar-refractivity contribution in [3.8, 4) is 0 Å². The van der Waals surface area contributed by atoms with E-state index in [1.54, 1.807) is 0 Å². The molecule has 1 aromatic carbocycles. The molecule has 0 aliphatic heterocycles. The van der Waals surface area contributed by atoms with Crippen LogP contribution in [0.1, 0.15) is 61.9 Å². The van der Waals surface area contributed by atoms with E-state index in [-0.39, 0.29) is 0 Å². The number of aldehydes is 1. The molecule has 0 fully saturated rings. The van der Waals surface area contributed by atoms with E-state index in [2.05, 4.69) is 24.9 Å². The lowest BCUT2D eigenvalue weighted by Crippen LogP contribution is -1.81. The van der Waals surface area contributed by atoms with Crippen molar-refractivity contribution in [1.29, 1.82) is 0 Å². The van der Waals surface area contributed by atoms with Crippen LogP contribution in [0, 0.1) is 0 Å². The molecule has 2 aromatic rings. The van der Waals surface area contributed by atoms with Gasteiger partial charge in [0.15, 0.2) is 0 Å². The number of fused-ring (bicyclic) bond motifs is 1. The van der Waals surface area contributed by atoms with Crippen molar-refractivity contribution >= 4 is 22.8 Å². The van der Waals surface area contributed by atoms with Gasteiger partial charge in [-0.2, -0.15) is 0 Å². The van der Waals surface area contributed by atoms with E-state index in [1.807, 2.05) is 24.4 Å². The predicted molar refractivity (Wildman–Crippen MR) is 86.1 cm³/mol. The van der Waals surface area contributed by atoms with Crippen molar-refractivity contribution in [2.24, 2.45) is 0 Å². The zero-order valence-electron chi connectivity index (χ0n) is 12.4. The van der Waals surface area contributed by atoms with Gasteiger partial charge in [-0.15, -0.1) is 0 Å². The van der Waals surface area contributed by atoms with Gasteiger partial charge in [0.1, 0.15) is 6.29 Å². The fourth-order valence-corrected chi connectivity index (χ4v) is 2.54. The van der Waals surface area contributed by atoms with Crippen LogP contribution in [0.5, 0.6) is 0 Å². The molecule has 0 aliphatic carbocycles. The SMILES string of the molecule is CCCCCC/C=C(\C)c1c[nH]c2cc(C=O)ccc12. The van der Waals surface area contributed by atoms with Crippen molar-refractivity contribution in [3.05, 3.63) is 41.6 Å². The lowest BCUT2D eigenvalue weighted by atomic mass is 10.0. The highest BCUT2D eigenvalue weighted by Gasteiger charge is 2.05. The van der Waals surface area contributed by atoms with Crippen LogP contribution in [-0.2, 0) is 0 Å². The molecular weight excluding hydrogens is 246 g/mol. The Bertz CT molecular complexity index is 607. The molecule has 0 atom stereocenters. The summed E-state index contributed by atoms with van der Waals surface area (Å²) >= 11 is 0. The van der Waals surface area contributed by atoms with Crippen LogP contribution in [-0.4, -0.2) is 11.3 Å². The molecule has 2 heteroatoms. The molecule has 0 radical (unpaired) electrons. The fraction of sp³-hybridized carbons (Fsp3) is 0.389. The van der Waals surface area contributed by atoms with Crippen LogP contribution in [0.2, 0.25) is 0 Å². The second-order valence-corrected chi connectivity index (χ2v) is 5.36. The minimum atomic E-state index is 0.715. The highest BCUT2D eigenvalue weighted by Crippen LogP contribution is 2.26. The van der Waals surface area contributed by atoms with E-state index in [0.29, 0.717) is 5.56 Å². The predicted octanol–water partition coefficient (Wildman–Crippen LogP) is 5.35. The largest absolute Gasteiger partial charge is 0.361 e. The molecule has 2 rings (SSSR count). The minimum absolute atomic E-state index is 0.715. The van der Waals surface area contributed by atoms with Crippen molar-refractivity contribution < 1.29 is 4.79 Å². The summed E-state index contributed by atoms with van der Waals surface area (Å²) < 4.78 is 0. The zero-order valence-corrected chi connectivity index (χ0v) is 12.4. The Morgan fingerprint density at radius 2 is 2.10 bits per heavy atom. The first-order valence-electron chi connectivity index (χ1n) is 7.49. The standard InChI is InChI=1S/C18H23NO/c1-3-4-5-6-7-8-14(2)17-12-19-18-11-15(13-20)9-10-16(17)18/h8-13,19H,3-7H2,1-2H3/b14-8+. The van der Waals surface area contributed by atoms with E-state index < -0.39 is 0 Å². The number of carbonyl (C=O) groups is 1. The summed E-state index contributed by atoms with van der Waals surface area (Å²) in [6.45, 7) is 4.40. The molecule has 2 nitrogen and oxygen atoms in total. The Hall–Kier alpha value is -1.83. The second-order valence-electron chi connectivity index (χ2n) is 5.36. The molecule has 106 valence electrons. The van der Waals surface area contributed by atoms with E-state index in [9.17, 15) is 4.79 Å². The van der Waals surface area contributed by atoms with Crippen molar-refractivity contribution in [2.45, 2.75) is 46.0 Å². The third-order valence-corrected chi connectivity index (χ3v) is 3.77. The van der Waals surface area contributed by atoms with Gasteiger partial charge in [-0.25, -0.2) is 0 Å². The van der Waals surface area contributed by atoms with Crippen molar-refractivity contribution in [2.75, 3.05) is 0 Å². The Morgan fingerprint density at radius 3 is 2.85 bits per heavy atom. The summed E-state index contributed by atoms with van der Waals surface area (Å²) in [6, 6.07) is 5.81. The molecule has 20 heavy (non-hydrogen) atoms. The van der Waals surface area contributed by atoms with Gasteiger partial charge < -0.3 is 4.98 Å². The maximum Gasteiger partial charge on any atom is 0.150 e. The van der Waals surface area contributed by atoms with Crippen LogP contribution in [0.15, 0.2) is 30.5 Å². The number of aromatic amines is 1. The number of unbranched alkanes of at least 4 members (excludes halogenated alkanes) is 4. The molecule has 0 saturated carbocycles. The zero-order chi connectivity index (χ0) is 14.4. The maximum absolute atomic E-state index is 10.8. The first kappa shape index (κ1) is 14.6. The van der Waals surface area contributed by atoms with Gasteiger partial charge >= 0.3 is 0 Å². The third-order valence-electron chi connectivity index (χ3n) is 3.77. The number of rotatable bonds is 7. The van der Waals surface area contributed by atoms with Gasteiger partial charge in [-0.3, -0.25) is 4.79 Å². The first-order chi connectivity index (χ1) is 9.76. The number of carbonyl (C=O) groups excluding carboxylic acids is 1. The summed E-state index contributed by atoms with van der Waals surface area (Å²) in [5.74, 6) is 0. The number of nitrogens with one attached hydrogen (secondary N) is 1. The highest BCUT2D eigenvalue weighted by molar-refractivity contribution is 5.94. The minimum Gasteiger partial charge on any atom is -0.361 e. The molecule has 0 bridgehead atoms. The van der Waals surface area contributed by atoms with Crippen LogP contribution < -0.4 is 0 Å². The summed E-state index contributed by atoms with van der Waals surface area (Å²) in [5, 5.41) is 1.19. The number of aromatic nitrogens is 1. The van der Waals surface area contributed by atoms with E-state index in [1.165, 1.54) is 42.2 Å². The Morgan fingerprint density at radius 1 is 1.25 bits per heavy atom. The number of hydrogen-bond donors (Lipinski definition) is 1. The monoisotopic (exact) mass is 269 g/mol. The number of allylic oxidation sites excluding steroid dienone is 2. The summed E-state index contributed by atoms with van der Waals surface area (Å²) in [4.78, 5) is 14.0. The highest BCUT2D eigenvalue weighted by atomic mass is 16.1. The van der Waals surface area contributed by atoms with Crippen molar-refractivity contribution in [1.82, 2.24) is 4.98 Å². The van der Waals surface area contributed by atoms with Gasteiger partial charge in [-0.1, -0.05) is 44.4 Å². The Labute approximate surface area is 120 Å². The van der Waals surface area contributed by atoms with Crippen LogP contribution in [0.3, 0.4) is 0 Å². The third kappa shape index (κ3) is 3.38. The lowest BCUT2D eigenvalue weighted by Gasteiger charge is -2.01. The average Bonchev–Trinajstić information content (AvgIpc) is 2.89. The van der Waals surface area contributed by atoms with Gasteiger partial charge in [-0.05, 0) is 31.4 Å². The first-order valence-corrected chi connectivity index (χ1v) is 7.49. The molecule has 0 unspecified atom stereocenters. The number of H-pyrrole nitrogens is 1. The Balaban J connectivity index is 2.11.